The topological polar surface area (TPSA) is 116 Å². The van der Waals surface area contributed by atoms with Crippen LogP contribution in [0.2, 0.25) is 18.1 Å². The maximum absolute atomic E-state index is 12.0. The van der Waals surface area contributed by atoms with Gasteiger partial charge in [0.05, 0.1) is 49.5 Å². The third-order valence-corrected chi connectivity index (χ3v) is 14.9. The van der Waals surface area contributed by atoms with Gasteiger partial charge in [-0.1, -0.05) is 20.8 Å². The highest BCUT2D eigenvalue weighted by Gasteiger charge is 2.37. The van der Waals surface area contributed by atoms with E-state index >= 15 is 0 Å². The minimum Gasteiger partial charge on any atom is -0.496 e. The van der Waals surface area contributed by atoms with E-state index < -0.39 is 18.2 Å². The van der Waals surface area contributed by atoms with Gasteiger partial charge in [-0.3, -0.25) is 0 Å². The van der Waals surface area contributed by atoms with Crippen molar-refractivity contribution in [2.45, 2.75) is 64.4 Å². The lowest BCUT2D eigenvalue weighted by Crippen LogP contribution is -2.40. The van der Waals surface area contributed by atoms with Gasteiger partial charge in [-0.2, -0.15) is 9.97 Å². The van der Waals surface area contributed by atoms with Crippen molar-refractivity contribution in [3.63, 3.8) is 0 Å². The molecule has 2 aliphatic rings. The van der Waals surface area contributed by atoms with Gasteiger partial charge in [0.15, 0.2) is 14.0 Å². The normalized spacial score (nSPS) is 18.3. The standard InChI is InChI=1S/C30H43N5O5SSi/c1-30(2,3)42(5,6)40-20-22-19-21(7-10-26(22)38-4)25-9-8-24-27(32-25)33-29(31-23-11-17-41(36,37)18-12-23)34-28(24)35-13-15-39-16-14-35/h7-10,19,23H,11-18,20H2,1-6H3,(H,31,32,33,34). The van der Waals surface area contributed by atoms with E-state index in [1.165, 1.54) is 0 Å². The van der Waals surface area contributed by atoms with Gasteiger partial charge >= 0.3 is 0 Å². The number of aromatic nitrogens is 3. The molecule has 10 nitrogen and oxygen atoms in total. The van der Waals surface area contributed by atoms with Crippen LogP contribution in [0, 0.1) is 0 Å². The van der Waals surface area contributed by atoms with Crippen LogP contribution in [0.3, 0.4) is 0 Å². The molecule has 5 rings (SSSR count). The van der Waals surface area contributed by atoms with E-state index in [9.17, 15) is 8.42 Å². The molecule has 1 aromatic carbocycles. The lowest BCUT2D eigenvalue weighted by molar-refractivity contribution is 0.122. The van der Waals surface area contributed by atoms with Crippen molar-refractivity contribution >= 4 is 41.0 Å². The van der Waals surface area contributed by atoms with Crippen molar-refractivity contribution in [1.29, 1.82) is 0 Å². The van der Waals surface area contributed by atoms with Crippen LogP contribution in [-0.2, 0) is 25.6 Å². The molecule has 228 valence electrons. The van der Waals surface area contributed by atoms with Crippen LogP contribution in [0.1, 0.15) is 39.2 Å². The molecular formula is C30H43N5O5SSi. The number of ether oxygens (including phenoxy) is 2. The summed E-state index contributed by atoms with van der Waals surface area (Å²) in [4.78, 5) is 16.9. The number of methoxy groups -OCH3 is 1. The molecule has 42 heavy (non-hydrogen) atoms. The molecule has 0 spiro atoms. The second kappa shape index (κ2) is 12.1. The molecule has 0 atom stereocenters. The summed E-state index contributed by atoms with van der Waals surface area (Å²) in [6, 6.07) is 10.1. The molecule has 4 heterocycles. The van der Waals surface area contributed by atoms with Gasteiger partial charge in [0.1, 0.15) is 21.4 Å². The van der Waals surface area contributed by atoms with Gasteiger partial charge in [-0.15, -0.1) is 0 Å². The molecule has 2 aliphatic heterocycles. The molecule has 0 saturated carbocycles. The molecule has 1 N–H and O–H groups in total. The molecule has 2 fully saturated rings. The molecule has 12 heteroatoms. The van der Waals surface area contributed by atoms with E-state index in [2.05, 4.69) is 50.1 Å². The predicted octanol–water partition coefficient (Wildman–Crippen LogP) is 5.05. The smallest absolute Gasteiger partial charge is 0.226 e. The minimum atomic E-state index is -2.96. The zero-order valence-corrected chi connectivity index (χ0v) is 27.4. The van der Waals surface area contributed by atoms with E-state index in [1.54, 1.807) is 7.11 Å². The Kier molecular flexibility index (Phi) is 8.80. The zero-order valence-electron chi connectivity index (χ0n) is 25.6. The zero-order chi connectivity index (χ0) is 30.1. The fourth-order valence-electron chi connectivity index (χ4n) is 4.98. The number of fused-ring (bicyclic) bond motifs is 1. The summed E-state index contributed by atoms with van der Waals surface area (Å²) in [7, 11) is -3.24. The Morgan fingerprint density at radius 1 is 1.05 bits per heavy atom. The average Bonchev–Trinajstić information content (AvgIpc) is 2.96. The first-order valence-electron chi connectivity index (χ1n) is 14.6. The summed E-state index contributed by atoms with van der Waals surface area (Å²) >= 11 is 0. The van der Waals surface area contributed by atoms with Gasteiger partial charge < -0.3 is 24.1 Å². The molecule has 2 saturated heterocycles. The third-order valence-electron chi connectivity index (χ3n) is 8.71. The first kappa shape index (κ1) is 30.6. The largest absolute Gasteiger partial charge is 0.496 e. The molecule has 3 aromatic rings. The molecular weight excluding hydrogens is 571 g/mol. The first-order chi connectivity index (χ1) is 19.8. The van der Waals surface area contributed by atoms with Crippen LogP contribution in [0.4, 0.5) is 11.8 Å². The second-order valence-electron chi connectivity index (χ2n) is 12.7. The number of hydrogen-bond donors (Lipinski definition) is 1. The van der Waals surface area contributed by atoms with Crippen molar-refractivity contribution in [2.24, 2.45) is 0 Å². The number of hydrogen-bond acceptors (Lipinski definition) is 10. The Morgan fingerprint density at radius 3 is 2.43 bits per heavy atom. The van der Waals surface area contributed by atoms with Crippen molar-refractivity contribution in [1.82, 2.24) is 15.0 Å². The first-order valence-corrected chi connectivity index (χ1v) is 19.4. The molecule has 0 aliphatic carbocycles. The summed E-state index contributed by atoms with van der Waals surface area (Å²) in [6.07, 6.45) is 1.07. The average molecular weight is 614 g/mol. The Balaban J connectivity index is 1.49. The summed E-state index contributed by atoms with van der Waals surface area (Å²) in [5.74, 6) is 2.42. The van der Waals surface area contributed by atoms with Crippen LogP contribution >= 0.6 is 0 Å². The van der Waals surface area contributed by atoms with E-state index in [0.717, 1.165) is 46.9 Å². The molecule has 2 aromatic heterocycles. The van der Waals surface area contributed by atoms with E-state index in [-0.39, 0.29) is 22.6 Å². The number of morpholine rings is 1. The monoisotopic (exact) mass is 613 g/mol. The van der Waals surface area contributed by atoms with Crippen LogP contribution < -0.4 is 15.0 Å². The van der Waals surface area contributed by atoms with Crippen LogP contribution in [-0.4, -0.2) is 82.6 Å². The molecule has 0 radical (unpaired) electrons. The maximum atomic E-state index is 12.0. The maximum Gasteiger partial charge on any atom is 0.226 e. The second-order valence-corrected chi connectivity index (χ2v) is 19.8. The van der Waals surface area contributed by atoms with Crippen LogP contribution in [0.15, 0.2) is 30.3 Å². The number of benzene rings is 1. The minimum absolute atomic E-state index is 0.00302. The predicted molar refractivity (Wildman–Crippen MR) is 170 cm³/mol. The van der Waals surface area contributed by atoms with Gasteiger partial charge in [-0.25, -0.2) is 13.4 Å². The molecule has 0 unspecified atom stereocenters. The summed E-state index contributed by atoms with van der Waals surface area (Å²) in [5.41, 5.74) is 3.31. The van der Waals surface area contributed by atoms with Crippen molar-refractivity contribution in [3.05, 3.63) is 35.9 Å². The fraction of sp³-hybridized carbons (Fsp3) is 0.567. The van der Waals surface area contributed by atoms with Gasteiger partial charge in [-0.05, 0) is 61.3 Å². The Morgan fingerprint density at radius 2 is 1.76 bits per heavy atom. The highest BCUT2D eigenvalue weighted by molar-refractivity contribution is 7.91. The highest BCUT2D eigenvalue weighted by Crippen LogP contribution is 2.38. The highest BCUT2D eigenvalue weighted by atomic mass is 32.2. The van der Waals surface area contributed by atoms with Crippen LogP contribution in [0.5, 0.6) is 5.75 Å². The molecule has 0 bridgehead atoms. The summed E-state index contributed by atoms with van der Waals surface area (Å²) < 4.78 is 41.7. The van der Waals surface area contributed by atoms with Crippen molar-refractivity contribution in [2.75, 3.05) is 55.1 Å². The number of nitrogens with zero attached hydrogens (tertiary/aromatic N) is 4. The molecule has 0 amide bonds. The Labute approximate surface area is 250 Å². The lowest BCUT2D eigenvalue weighted by atomic mass is 10.1. The van der Waals surface area contributed by atoms with Gasteiger partial charge in [0.2, 0.25) is 5.95 Å². The fourth-order valence-corrected chi connectivity index (χ4v) is 7.42. The lowest BCUT2D eigenvalue weighted by Gasteiger charge is -2.36. The SMILES string of the molecule is COc1ccc(-c2ccc3c(N4CCOCC4)nc(NC4CCS(=O)(=O)CC4)nc3n2)cc1CO[Si](C)(C)C(C)(C)C. The third kappa shape index (κ3) is 6.87. The summed E-state index contributed by atoms with van der Waals surface area (Å²) in [6.45, 7) is 14.4. The number of anilines is 2. The number of rotatable bonds is 8. The van der Waals surface area contributed by atoms with Crippen LogP contribution in [0.25, 0.3) is 22.3 Å². The van der Waals surface area contributed by atoms with E-state index in [1.807, 2.05) is 24.3 Å². The van der Waals surface area contributed by atoms with Gasteiger partial charge in [0.25, 0.3) is 0 Å². The number of sulfone groups is 1. The van der Waals surface area contributed by atoms with E-state index in [4.69, 9.17) is 28.9 Å². The number of pyridine rings is 1. The van der Waals surface area contributed by atoms with Crippen molar-refractivity contribution in [3.8, 4) is 17.0 Å². The van der Waals surface area contributed by atoms with Crippen molar-refractivity contribution < 1.29 is 22.3 Å². The van der Waals surface area contributed by atoms with E-state index in [0.29, 0.717) is 44.3 Å². The van der Waals surface area contributed by atoms with Gasteiger partial charge in [0, 0.05) is 30.3 Å². The Hall–Kier alpha value is -2.80. The Bertz CT molecular complexity index is 1520. The number of nitrogens with one attached hydrogen (secondary N) is 1. The summed E-state index contributed by atoms with van der Waals surface area (Å²) in [5, 5.41) is 4.38. The quantitative estimate of drug-likeness (QED) is 0.346.